The molecular weight excluding hydrogens is 277 g/mol. The second kappa shape index (κ2) is 4.68. The van der Waals surface area contributed by atoms with Gasteiger partial charge in [-0.25, -0.2) is 4.98 Å². The largest absolute Gasteiger partial charge is 0.353 e. The van der Waals surface area contributed by atoms with Crippen LogP contribution >= 0.6 is 27.5 Å². The van der Waals surface area contributed by atoms with Gasteiger partial charge >= 0.3 is 0 Å². The molecule has 0 atom stereocenters. The third kappa shape index (κ3) is 2.62. The van der Waals surface area contributed by atoms with Gasteiger partial charge in [0.2, 0.25) is 0 Å². The lowest BCUT2D eigenvalue weighted by Gasteiger charge is -2.33. The highest BCUT2D eigenvalue weighted by Crippen LogP contribution is 2.26. The summed E-state index contributed by atoms with van der Waals surface area (Å²) in [6.45, 7) is 4.20. The molecule has 5 heteroatoms. The van der Waals surface area contributed by atoms with Crippen LogP contribution in [0.1, 0.15) is 0 Å². The molecular formula is C10H13BrClN3. The minimum absolute atomic E-state index is 0.666. The standard InChI is InChI=1S/C10H13BrClN3/c1-14-2-4-15(5-3-14)10-9(11)6-8(12)7-13-10/h6-7H,2-5H2,1H3. The molecule has 0 aliphatic carbocycles. The van der Waals surface area contributed by atoms with Crippen molar-refractivity contribution in [1.29, 1.82) is 0 Å². The van der Waals surface area contributed by atoms with Gasteiger partial charge < -0.3 is 9.80 Å². The number of nitrogens with zero attached hydrogens (tertiary/aromatic N) is 3. The van der Waals surface area contributed by atoms with E-state index in [4.69, 9.17) is 11.6 Å². The number of aromatic nitrogens is 1. The molecule has 1 saturated heterocycles. The third-order valence-corrected chi connectivity index (χ3v) is 3.38. The quantitative estimate of drug-likeness (QED) is 0.791. The van der Waals surface area contributed by atoms with Crippen LogP contribution in [0.15, 0.2) is 16.7 Å². The maximum absolute atomic E-state index is 5.86. The molecule has 1 fully saturated rings. The number of likely N-dealkylation sites (N-methyl/N-ethyl adjacent to an activating group) is 1. The lowest BCUT2D eigenvalue weighted by atomic mass is 10.3. The normalized spacial score (nSPS) is 18.2. The van der Waals surface area contributed by atoms with Crippen molar-refractivity contribution < 1.29 is 0 Å². The molecule has 0 N–H and O–H groups in total. The molecule has 2 heterocycles. The summed E-state index contributed by atoms with van der Waals surface area (Å²) >= 11 is 9.36. The van der Waals surface area contributed by atoms with E-state index < -0.39 is 0 Å². The number of rotatable bonds is 1. The number of pyridine rings is 1. The van der Waals surface area contributed by atoms with Crippen molar-refractivity contribution in [3.05, 3.63) is 21.8 Å². The number of hydrogen-bond donors (Lipinski definition) is 0. The van der Waals surface area contributed by atoms with E-state index in [1.54, 1.807) is 6.20 Å². The fraction of sp³-hybridized carbons (Fsp3) is 0.500. The van der Waals surface area contributed by atoms with Crippen LogP contribution in [0.3, 0.4) is 0 Å². The Balaban J connectivity index is 2.15. The zero-order valence-electron chi connectivity index (χ0n) is 8.58. The van der Waals surface area contributed by atoms with Gasteiger partial charge in [0.05, 0.1) is 9.50 Å². The van der Waals surface area contributed by atoms with Crippen molar-refractivity contribution in [2.75, 3.05) is 38.1 Å². The molecule has 2 rings (SSSR count). The second-order valence-electron chi connectivity index (χ2n) is 3.75. The topological polar surface area (TPSA) is 19.4 Å². The smallest absolute Gasteiger partial charge is 0.143 e. The number of hydrogen-bond acceptors (Lipinski definition) is 3. The number of piperazine rings is 1. The Labute approximate surface area is 103 Å². The molecule has 0 aromatic carbocycles. The fourth-order valence-electron chi connectivity index (χ4n) is 1.66. The minimum atomic E-state index is 0.666. The van der Waals surface area contributed by atoms with Crippen molar-refractivity contribution in [1.82, 2.24) is 9.88 Å². The van der Waals surface area contributed by atoms with Gasteiger partial charge in [-0.1, -0.05) is 11.6 Å². The predicted molar refractivity (Wildman–Crippen MR) is 66.7 cm³/mol. The Kier molecular flexibility index (Phi) is 3.49. The van der Waals surface area contributed by atoms with Crippen molar-refractivity contribution in [2.45, 2.75) is 0 Å². The average molecular weight is 291 g/mol. The Hall–Kier alpha value is -0.320. The monoisotopic (exact) mass is 289 g/mol. The molecule has 0 bridgehead atoms. The first-order chi connectivity index (χ1) is 7.16. The fourth-order valence-corrected chi connectivity index (χ4v) is 2.55. The maximum atomic E-state index is 5.86. The molecule has 15 heavy (non-hydrogen) atoms. The van der Waals surface area contributed by atoms with Gasteiger partial charge in [0.1, 0.15) is 5.82 Å². The molecule has 0 radical (unpaired) electrons. The van der Waals surface area contributed by atoms with E-state index in [9.17, 15) is 0 Å². The van der Waals surface area contributed by atoms with Crippen LogP contribution in [0.5, 0.6) is 0 Å². The van der Waals surface area contributed by atoms with E-state index >= 15 is 0 Å². The van der Waals surface area contributed by atoms with Gasteiger partial charge in [-0.2, -0.15) is 0 Å². The zero-order valence-corrected chi connectivity index (χ0v) is 10.9. The van der Waals surface area contributed by atoms with Crippen molar-refractivity contribution in [2.24, 2.45) is 0 Å². The Bertz CT molecular complexity index is 351. The second-order valence-corrected chi connectivity index (χ2v) is 5.04. The number of anilines is 1. The molecule has 0 unspecified atom stereocenters. The third-order valence-electron chi connectivity index (χ3n) is 2.59. The summed E-state index contributed by atoms with van der Waals surface area (Å²) in [5, 5.41) is 0.666. The van der Waals surface area contributed by atoms with Gasteiger partial charge in [-0.3, -0.25) is 0 Å². The van der Waals surface area contributed by atoms with Gasteiger partial charge in [0.25, 0.3) is 0 Å². The lowest BCUT2D eigenvalue weighted by Crippen LogP contribution is -2.44. The van der Waals surface area contributed by atoms with Gasteiger partial charge in [0, 0.05) is 32.4 Å². The molecule has 0 saturated carbocycles. The van der Waals surface area contributed by atoms with Crippen molar-refractivity contribution >= 4 is 33.3 Å². The number of halogens is 2. The van der Waals surface area contributed by atoms with Crippen LogP contribution in [0.4, 0.5) is 5.82 Å². The van der Waals surface area contributed by atoms with Crippen LogP contribution in [0.25, 0.3) is 0 Å². The highest BCUT2D eigenvalue weighted by atomic mass is 79.9. The highest BCUT2D eigenvalue weighted by Gasteiger charge is 2.17. The molecule has 1 aliphatic heterocycles. The van der Waals surface area contributed by atoms with Crippen LogP contribution < -0.4 is 4.90 Å². The maximum Gasteiger partial charge on any atom is 0.143 e. The first-order valence-electron chi connectivity index (χ1n) is 4.91. The van der Waals surface area contributed by atoms with Gasteiger partial charge in [0.15, 0.2) is 0 Å². The molecule has 1 aromatic rings. The van der Waals surface area contributed by atoms with Crippen molar-refractivity contribution in [3.8, 4) is 0 Å². The zero-order chi connectivity index (χ0) is 10.8. The summed E-state index contributed by atoms with van der Waals surface area (Å²) in [6, 6.07) is 1.89. The van der Waals surface area contributed by atoms with Crippen molar-refractivity contribution in [3.63, 3.8) is 0 Å². The Morgan fingerprint density at radius 3 is 2.60 bits per heavy atom. The van der Waals surface area contributed by atoms with E-state index in [2.05, 4.69) is 37.8 Å². The summed E-state index contributed by atoms with van der Waals surface area (Å²) in [6.07, 6.45) is 1.69. The Morgan fingerprint density at radius 1 is 1.33 bits per heavy atom. The summed E-state index contributed by atoms with van der Waals surface area (Å²) in [4.78, 5) is 8.95. The lowest BCUT2D eigenvalue weighted by molar-refractivity contribution is 0.312. The molecule has 0 amide bonds. The van der Waals surface area contributed by atoms with Crippen LogP contribution in [0, 0.1) is 0 Å². The van der Waals surface area contributed by atoms with E-state index in [0.29, 0.717) is 5.02 Å². The van der Waals surface area contributed by atoms with E-state index in [0.717, 1.165) is 36.5 Å². The van der Waals surface area contributed by atoms with E-state index in [1.807, 2.05) is 6.07 Å². The average Bonchev–Trinajstić information content (AvgIpc) is 2.20. The summed E-state index contributed by atoms with van der Waals surface area (Å²) in [5.41, 5.74) is 0. The first-order valence-corrected chi connectivity index (χ1v) is 6.08. The highest BCUT2D eigenvalue weighted by molar-refractivity contribution is 9.10. The van der Waals surface area contributed by atoms with Crippen LogP contribution in [-0.4, -0.2) is 43.1 Å². The van der Waals surface area contributed by atoms with Gasteiger partial charge in [-0.15, -0.1) is 0 Å². The Morgan fingerprint density at radius 2 is 2.00 bits per heavy atom. The molecule has 0 spiro atoms. The molecule has 3 nitrogen and oxygen atoms in total. The summed E-state index contributed by atoms with van der Waals surface area (Å²) in [7, 11) is 2.14. The van der Waals surface area contributed by atoms with Gasteiger partial charge in [-0.05, 0) is 29.0 Å². The first kappa shape index (κ1) is 11.2. The minimum Gasteiger partial charge on any atom is -0.353 e. The van der Waals surface area contributed by atoms with E-state index in [-0.39, 0.29) is 0 Å². The van der Waals surface area contributed by atoms with Crippen LogP contribution in [-0.2, 0) is 0 Å². The summed E-state index contributed by atoms with van der Waals surface area (Å²) in [5.74, 6) is 0.993. The molecule has 82 valence electrons. The van der Waals surface area contributed by atoms with Crippen LogP contribution in [0.2, 0.25) is 5.02 Å². The van der Waals surface area contributed by atoms with E-state index in [1.165, 1.54) is 0 Å². The molecule has 1 aliphatic rings. The predicted octanol–water partition coefficient (Wildman–Crippen LogP) is 2.25. The SMILES string of the molecule is CN1CCN(c2ncc(Cl)cc2Br)CC1. The molecule has 1 aromatic heterocycles. The summed E-state index contributed by atoms with van der Waals surface area (Å²) < 4.78 is 0.972.